The smallest absolute Gasteiger partial charge is 0.303 e. The van der Waals surface area contributed by atoms with Crippen molar-refractivity contribution in [2.24, 2.45) is 5.92 Å². The van der Waals surface area contributed by atoms with Gasteiger partial charge >= 0.3 is 5.97 Å². The zero-order chi connectivity index (χ0) is 15.8. The van der Waals surface area contributed by atoms with E-state index in [1.54, 1.807) is 0 Å². The van der Waals surface area contributed by atoms with E-state index in [4.69, 9.17) is 5.11 Å². The first-order chi connectivity index (χ1) is 9.99. The molecule has 0 amide bonds. The van der Waals surface area contributed by atoms with E-state index in [9.17, 15) is 4.79 Å². The number of aryl methyl sites for hydroxylation is 2. The zero-order valence-electron chi connectivity index (χ0n) is 13.2. The summed E-state index contributed by atoms with van der Waals surface area (Å²) in [5.41, 5.74) is 2.29. The first-order valence-corrected chi connectivity index (χ1v) is 8.45. The van der Waals surface area contributed by atoms with Crippen molar-refractivity contribution >= 4 is 21.9 Å². The Bertz CT molecular complexity index is 460. The standard InChI is InChI=1S/C15H26BrN3O2/c1-4-12-15(16)13(19(5-2)18-12)10-17-9-8-11(3)6-7-14(20)21/h11,17H,4-10H2,1-3H3,(H,20,21). The molecule has 0 aromatic carbocycles. The molecule has 1 unspecified atom stereocenters. The highest BCUT2D eigenvalue weighted by Gasteiger charge is 2.13. The van der Waals surface area contributed by atoms with Crippen LogP contribution in [0.3, 0.4) is 0 Å². The van der Waals surface area contributed by atoms with Crippen molar-refractivity contribution in [3.8, 4) is 0 Å². The molecule has 6 heteroatoms. The second-order valence-electron chi connectivity index (χ2n) is 5.38. The molecule has 0 saturated heterocycles. The molecule has 0 spiro atoms. The van der Waals surface area contributed by atoms with Gasteiger partial charge in [0.05, 0.1) is 15.9 Å². The fourth-order valence-corrected chi connectivity index (χ4v) is 2.96. The molecule has 1 aromatic rings. The van der Waals surface area contributed by atoms with E-state index in [0.717, 1.165) is 49.1 Å². The molecule has 0 radical (unpaired) electrons. The highest BCUT2D eigenvalue weighted by atomic mass is 79.9. The van der Waals surface area contributed by atoms with Gasteiger partial charge in [0.25, 0.3) is 0 Å². The fraction of sp³-hybridized carbons (Fsp3) is 0.733. The van der Waals surface area contributed by atoms with Crippen LogP contribution in [0.2, 0.25) is 0 Å². The summed E-state index contributed by atoms with van der Waals surface area (Å²) in [5.74, 6) is -0.281. The Labute approximate surface area is 135 Å². The minimum atomic E-state index is -0.710. The molecule has 0 aliphatic heterocycles. The summed E-state index contributed by atoms with van der Waals surface area (Å²) in [6.07, 6.45) is 2.92. The average molecular weight is 360 g/mol. The summed E-state index contributed by atoms with van der Waals surface area (Å²) in [5, 5.41) is 16.7. The maximum atomic E-state index is 10.5. The van der Waals surface area contributed by atoms with Gasteiger partial charge in [0, 0.05) is 19.5 Å². The lowest BCUT2D eigenvalue weighted by Crippen LogP contribution is -2.20. The number of hydrogen-bond donors (Lipinski definition) is 2. The van der Waals surface area contributed by atoms with Crippen molar-refractivity contribution in [1.29, 1.82) is 0 Å². The summed E-state index contributed by atoms with van der Waals surface area (Å²) in [7, 11) is 0. The normalized spacial score (nSPS) is 12.6. The fourth-order valence-electron chi connectivity index (χ4n) is 2.26. The van der Waals surface area contributed by atoms with Gasteiger partial charge in [-0.1, -0.05) is 13.8 Å². The lowest BCUT2D eigenvalue weighted by molar-refractivity contribution is -0.137. The summed E-state index contributed by atoms with van der Waals surface area (Å²) < 4.78 is 3.14. The van der Waals surface area contributed by atoms with Crippen LogP contribution in [0.25, 0.3) is 0 Å². The van der Waals surface area contributed by atoms with Gasteiger partial charge < -0.3 is 10.4 Å². The number of aromatic nitrogens is 2. The molecule has 1 rings (SSSR count). The molecule has 1 aromatic heterocycles. The van der Waals surface area contributed by atoms with Gasteiger partial charge in [-0.2, -0.15) is 5.10 Å². The Kier molecular flexibility index (Phi) is 7.96. The predicted octanol–water partition coefficient (Wildman–Crippen LogP) is 3.21. The van der Waals surface area contributed by atoms with E-state index in [1.807, 2.05) is 4.68 Å². The molecule has 0 bridgehead atoms. The molecule has 0 aliphatic rings. The van der Waals surface area contributed by atoms with Crippen LogP contribution in [0, 0.1) is 5.92 Å². The van der Waals surface area contributed by atoms with Crippen LogP contribution < -0.4 is 5.32 Å². The minimum Gasteiger partial charge on any atom is -0.481 e. The SMILES string of the molecule is CCc1nn(CC)c(CNCCC(C)CCC(=O)O)c1Br. The van der Waals surface area contributed by atoms with Crippen molar-refractivity contribution in [3.63, 3.8) is 0 Å². The lowest BCUT2D eigenvalue weighted by atomic mass is 10.0. The first kappa shape index (κ1) is 18.2. The predicted molar refractivity (Wildman–Crippen MR) is 87.3 cm³/mol. The summed E-state index contributed by atoms with van der Waals surface area (Å²) in [6.45, 7) is 8.85. The molecule has 0 fully saturated rings. The van der Waals surface area contributed by atoms with E-state index in [-0.39, 0.29) is 6.42 Å². The third-order valence-electron chi connectivity index (χ3n) is 3.65. The Hall–Kier alpha value is -0.880. The zero-order valence-corrected chi connectivity index (χ0v) is 14.7. The van der Waals surface area contributed by atoms with Gasteiger partial charge in [-0.05, 0) is 54.6 Å². The minimum absolute atomic E-state index is 0.259. The van der Waals surface area contributed by atoms with Gasteiger partial charge in [-0.25, -0.2) is 0 Å². The van der Waals surface area contributed by atoms with E-state index >= 15 is 0 Å². The topological polar surface area (TPSA) is 67.2 Å². The monoisotopic (exact) mass is 359 g/mol. The van der Waals surface area contributed by atoms with Crippen LogP contribution in [0.5, 0.6) is 0 Å². The largest absolute Gasteiger partial charge is 0.481 e. The molecule has 1 atom stereocenters. The second kappa shape index (κ2) is 9.20. The van der Waals surface area contributed by atoms with Crippen LogP contribution >= 0.6 is 15.9 Å². The number of rotatable bonds is 10. The van der Waals surface area contributed by atoms with Gasteiger partial charge in [0.2, 0.25) is 0 Å². The number of hydrogen-bond acceptors (Lipinski definition) is 3. The number of nitrogens with one attached hydrogen (secondary N) is 1. The van der Waals surface area contributed by atoms with E-state index < -0.39 is 5.97 Å². The number of carboxylic acid groups (broad SMARTS) is 1. The van der Waals surface area contributed by atoms with Gasteiger partial charge in [-0.15, -0.1) is 0 Å². The number of aliphatic carboxylic acids is 1. The third kappa shape index (κ3) is 5.79. The number of carboxylic acids is 1. The second-order valence-corrected chi connectivity index (χ2v) is 6.17. The highest BCUT2D eigenvalue weighted by molar-refractivity contribution is 9.10. The third-order valence-corrected chi connectivity index (χ3v) is 4.57. The first-order valence-electron chi connectivity index (χ1n) is 7.66. The van der Waals surface area contributed by atoms with E-state index in [0.29, 0.717) is 5.92 Å². The molecule has 120 valence electrons. The van der Waals surface area contributed by atoms with Crippen molar-refractivity contribution in [2.45, 2.75) is 59.5 Å². The summed E-state index contributed by atoms with van der Waals surface area (Å²) >= 11 is 3.64. The number of nitrogens with zero attached hydrogens (tertiary/aromatic N) is 2. The molecular formula is C15H26BrN3O2. The van der Waals surface area contributed by atoms with Crippen LogP contribution in [0.15, 0.2) is 4.47 Å². The molecule has 0 saturated carbocycles. The van der Waals surface area contributed by atoms with Crippen LogP contribution in [0.4, 0.5) is 0 Å². The summed E-state index contributed by atoms with van der Waals surface area (Å²) in [4.78, 5) is 10.5. The van der Waals surface area contributed by atoms with Crippen LogP contribution in [-0.4, -0.2) is 27.4 Å². The van der Waals surface area contributed by atoms with Crippen LogP contribution in [0.1, 0.15) is 51.4 Å². The van der Waals surface area contributed by atoms with Crippen molar-refractivity contribution in [2.75, 3.05) is 6.54 Å². The Morgan fingerprint density at radius 3 is 2.71 bits per heavy atom. The van der Waals surface area contributed by atoms with E-state index in [2.05, 4.69) is 47.1 Å². The quantitative estimate of drug-likeness (QED) is 0.629. The Morgan fingerprint density at radius 1 is 1.43 bits per heavy atom. The molecule has 1 heterocycles. The average Bonchev–Trinajstić information content (AvgIpc) is 2.77. The molecule has 5 nitrogen and oxygen atoms in total. The Balaban J connectivity index is 2.39. The van der Waals surface area contributed by atoms with Crippen molar-refractivity contribution in [1.82, 2.24) is 15.1 Å². The molecule has 21 heavy (non-hydrogen) atoms. The summed E-state index contributed by atoms with van der Waals surface area (Å²) in [6, 6.07) is 0. The highest BCUT2D eigenvalue weighted by Crippen LogP contribution is 2.22. The van der Waals surface area contributed by atoms with Crippen molar-refractivity contribution in [3.05, 3.63) is 15.9 Å². The van der Waals surface area contributed by atoms with Crippen molar-refractivity contribution < 1.29 is 9.90 Å². The molecule has 0 aliphatic carbocycles. The molecular weight excluding hydrogens is 334 g/mol. The van der Waals surface area contributed by atoms with Gasteiger partial charge in [0.1, 0.15) is 0 Å². The maximum absolute atomic E-state index is 10.5. The van der Waals surface area contributed by atoms with Gasteiger partial charge in [0.15, 0.2) is 0 Å². The number of carbonyl (C=O) groups is 1. The van der Waals surface area contributed by atoms with Gasteiger partial charge in [-0.3, -0.25) is 9.48 Å². The Morgan fingerprint density at radius 2 is 2.14 bits per heavy atom. The number of halogens is 1. The van der Waals surface area contributed by atoms with Crippen LogP contribution in [-0.2, 0) is 24.3 Å². The lowest BCUT2D eigenvalue weighted by Gasteiger charge is -2.11. The van der Waals surface area contributed by atoms with E-state index in [1.165, 1.54) is 5.69 Å². The maximum Gasteiger partial charge on any atom is 0.303 e. The molecule has 2 N–H and O–H groups in total.